The Kier molecular flexibility index (Phi) is 6.91. The number of ether oxygens (including phenoxy) is 1. The van der Waals surface area contributed by atoms with Crippen molar-refractivity contribution in [3.63, 3.8) is 0 Å². The molecule has 0 saturated heterocycles. The molecule has 2 N–H and O–H groups in total. The molecular weight excluding hydrogens is 252 g/mol. The van der Waals surface area contributed by atoms with Crippen LogP contribution in [-0.2, 0) is 4.79 Å². The molecular formula is C16H26N2O2. The zero-order chi connectivity index (χ0) is 15.0. The molecule has 0 unspecified atom stereocenters. The van der Waals surface area contributed by atoms with E-state index in [0.717, 1.165) is 25.9 Å². The molecule has 1 rings (SSSR count). The first-order valence-electron chi connectivity index (χ1n) is 7.36. The van der Waals surface area contributed by atoms with Crippen LogP contribution in [0.4, 0.5) is 5.69 Å². The van der Waals surface area contributed by atoms with Crippen LogP contribution >= 0.6 is 0 Å². The molecule has 0 spiro atoms. The summed E-state index contributed by atoms with van der Waals surface area (Å²) in [4.78, 5) is 14.0. The molecule has 0 atom stereocenters. The van der Waals surface area contributed by atoms with Gasteiger partial charge in [-0.3, -0.25) is 4.79 Å². The molecule has 4 heteroatoms. The summed E-state index contributed by atoms with van der Waals surface area (Å²) in [7, 11) is 0. The van der Waals surface area contributed by atoms with Gasteiger partial charge in [-0.2, -0.15) is 0 Å². The Morgan fingerprint density at radius 1 is 1.20 bits per heavy atom. The van der Waals surface area contributed by atoms with Crippen LogP contribution < -0.4 is 10.5 Å². The zero-order valence-corrected chi connectivity index (χ0v) is 12.8. The van der Waals surface area contributed by atoms with E-state index in [1.54, 1.807) is 24.3 Å². The van der Waals surface area contributed by atoms with Crippen molar-refractivity contribution in [1.82, 2.24) is 4.90 Å². The average molecular weight is 278 g/mol. The number of hydrogen-bond acceptors (Lipinski definition) is 3. The Balaban J connectivity index is 2.48. The van der Waals surface area contributed by atoms with Gasteiger partial charge in [0.1, 0.15) is 5.75 Å². The van der Waals surface area contributed by atoms with Crippen LogP contribution in [0.3, 0.4) is 0 Å². The molecule has 0 aromatic heterocycles. The monoisotopic (exact) mass is 278 g/mol. The number of anilines is 1. The van der Waals surface area contributed by atoms with Crippen LogP contribution in [0, 0.1) is 5.92 Å². The number of amides is 1. The number of rotatable bonds is 8. The van der Waals surface area contributed by atoms with Gasteiger partial charge in [-0.15, -0.1) is 0 Å². The fourth-order valence-electron chi connectivity index (χ4n) is 2.07. The predicted molar refractivity (Wildman–Crippen MR) is 82.7 cm³/mol. The lowest BCUT2D eigenvalue weighted by atomic mass is 10.0. The van der Waals surface area contributed by atoms with Gasteiger partial charge in [-0.05, 0) is 37.1 Å². The van der Waals surface area contributed by atoms with E-state index in [4.69, 9.17) is 10.5 Å². The fraction of sp³-hybridized carbons (Fsp3) is 0.562. The summed E-state index contributed by atoms with van der Waals surface area (Å²) in [6, 6.07) is 7.09. The smallest absolute Gasteiger partial charge is 0.260 e. The van der Waals surface area contributed by atoms with E-state index in [1.807, 2.05) is 11.8 Å². The van der Waals surface area contributed by atoms with Crippen molar-refractivity contribution >= 4 is 11.6 Å². The van der Waals surface area contributed by atoms with Crippen LogP contribution in [0.1, 0.15) is 33.6 Å². The Morgan fingerprint density at radius 2 is 1.80 bits per heavy atom. The standard InChI is InChI=1S/C16H26N2O2/c1-4-13(5-2)11-18(6-3)16(19)12-20-15-9-7-14(17)8-10-15/h7-10,13H,4-6,11-12,17H2,1-3H3. The molecule has 4 nitrogen and oxygen atoms in total. The minimum atomic E-state index is 0.0382. The Hall–Kier alpha value is -1.71. The predicted octanol–water partition coefficient (Wildman–Crippen LogP) is 2.93. The second-order valence-electron chi connectivity index (χ2n) is 4.97. The number of likely N-dealkylation sites (N-methyl/N-ethyl adjacent to an activating group) is 1. The van der Waals surface area contributed by atoms with E-state index in [2.05, 4.69) is 13.8 Å². The molecule has 0 bridgehead atoms. The summed E-state index contributed by atoms with van der Waals surface area (Å²) in [6.07, 6.45) is 2.19. The van der Waals surface area contributed by atoms with Gasteiger partial charge in [0, 0.05) is 18.8 Å². The molecule has 0 heterocycles. The normalized spacial score (nSPS) is 10.6. The van der Waals surface area contributed by atoms with Crippen molar-refractivity contribution in [2.45, 2.75) is 33.6 Å². The van der Waals surface area contributed by atoms with Crippen molar-refractivity contribution in [3.05, 3.63) is 24.3 Å². The minimum absolute atomic E-state index is 0.0382. The molecule has 0 fully saturated rings. The second-order valence-corrected chi connectivity index (χ2v) is 4.97. The number of hydrogen-bond donors (Lipinski definition) is 1. The van der Waals surface area contributed by atoms with Gasteiger partial charge in [0.15, 0.2) is 6.61 Å². The molecule has 0 radical (unpaired) electrons. The molecule has 1 aromatic carbocycles. The molecule has 1 amide bonds. The van der Waals surface area contributed by atoms with Crippen molar-refractivity contribution < 1.29 is 9.53 Å². The Labute approximate surface area is 121 Å². The van der Waals surface area contributed by atoms with Gasteiger partial charge in [-0.25, -0.2) is 0 Å². The lowest BCUT2D eigenvalue weighted by Crippen LogP contribution is -2.38. The molecule has 0 saturated carbocycles. The van der Waals surface area contributed by atoms with E-state index >= 15 is 0 Å². The van der Waals surface area contributed by atoms with Gasteiger partial charge >= 0.3 is 0 Å². The van der Waals surface area contributed by atoms with Crippen molar-refractivity contribution in [2.24, 2.45) is 5.92 Å². The fourth-order valence-corrected chi connectivity index (χ4v) is 2.07. The topological polar surface area (TPSA) is 55.6 Å². The maximum atomic E-state index is 12.2. The second kappa shape index (κ2) is 8.46. The maximum absolute atomic E-state index is 12.2. The van der Waals surface area contributed by atoms with Gasteiger partial charge in [0.05, 0.1) is 0 Å². The molecule has 112 valence electrons. The van der Waals surface area contributed by atoms with Gasteiger partial charge in [0.2, 0.25) is 0 Å². The third kappa shape index (κ3) is 5.11. The lowest BCUT2D eigenvalue weighted by molar-refractivity contribution is -0.133. The summed E-state index contributed by atoms with van der Waals surface area (Å²) >= 11 is 0. The number of carbonyl (C=O) groups excluding carboxylic acids is 1. The van der Waals surface area contributed by atoms with Crippen molar-refractivity contribution in [2.75, 3.05) is 25.4 Å². The number of nitrogens with two attached hydrogens (primary N) is 1. The minimum Gasteiger partial charge on any atom is -0.484 e. The zero-order valence-electron chi connectivity index (χ0n) is 12.8. The number of benzene rings is 1. The van der Waals surface area contributed by atoms with Crippen LogP contribution in [0.15, 0.2) is 24.3 Å². The largest absolute Gasteiger partial charge is 0.484 e. The highest BCUT2D eigenvalue weighted by molar-refractivity contribution is 5.77. The Bertz CT molecular complexity index is 399. The summed E-state index contributed by atoms with van der Waals surface area (Å²) in [5.41, 5.74) is 6.29. The molecule has 0 aliphatic carbocycles. The van der Waals surface area contributed by atoms with Gasteiger partial charge in [-0.1, -0.05) is 26.7 Å². The van der Waals surface area contributed by atoms with Crippen LogP contribution in [0.5, 0.6) is 5.75 Å². The van der Waals surface area contributed by atoms with E-state index in [0.29, 0.717) is 17.4 Å². The highest BCUT2D eigenvalue weighted by Gasteiger charge is 2.16. The van der Waals surface area contributed by atoms with E-state index < -0.39 is 0 Å². The molecule has 0 aliphatic heterocycles. The highest BCUT2D eigenvalue weighted by atomic mass is 16.5. The Morgan fingerprint density at radius 3 is 2.30 bits per heavy atom. The summed E-state index contributed by atoms with van der Waals surface area (Å²) in [6.45, 7) is 7.95. The number of nitrogen functional groups attached to an aromatic ring is 1. The first-order chi connectivity index (χ1) is 9.60. The first-order valence-corrected chi connectivity index (χ1v) is 7.36. The van der Waals surface area contributed by atoms with Gasteiger partial charge < -0.3 is 15.4 Å². The maximum Gasteiger partial charge on any atom is 0.260 e. The third-order valence-corrected chi connectivity index (χ3v) is 3.61. The van der Waals surface area contributed by atoms with Crippen LogP contribution in [-0.4, -0.2) is 30.5 Å². The van der Waals surface area contributed by atoms with E-state index in [1.165, 1.54) is 0 Å². The van der Waals surface area contributed by atoms with Gasteiger partial charge in [0.25, 0.3) is 5.91 Å². The first kappa shape index (κ1) is 16.3. The summed E-state index contributed by atoms with van der Waals surface area (Å²) < 4.78 is 5.51. The highest BCUT2D eigenvalue weighted by Crippen LogP contribution is 2.14. The molecule has 1 aromatic rings. The lowest BCUT2D eigenvalue weighted by Gasteiger charge is -2.25. The van der Waals surface area contributed by atoms with E-state index in [-0.39, 0.29) is 12.5 Å². The quantitative estimate of drug-likeness (QED) is 0.744. The summed E-state index contributed by atoms with van der Waals surface area (Å²) in [5, 5.41) is 0. The number of carbonyl (C=O) groups is 1. The van der Waals surface area contributed by atoms with Crippen molar-refractivity contribution in [3.8, 4) is 5.75 Å². The number of nitrogens with zero attached hydrogens (tertiary/aromatic N) is 1. The average Bonchev–Trinajstić information content (AvgIpc) is 2.48. The third-order valence-electron chi connectivity index (χ3n) is 3.61. The summed E-state index contributed by atoms with van der Waals surface area (Å²) in [5.74, 6) is 1.28. The SMILES string of the molecule is CCC(CC)CN(CC)C(=O)COc1ccc(N)cc1. The van der Waals surface area contributed by atoms with Crippen LogP contribution in [0.25, 0.3) is 0 Å². The van der Waals surface area contributed by atoms with E-state index in [9.17, 15) is 4.79 Å². The van der Waals surface area contributed by atoms with Crippen molar-refractivity contribution in [1.29, 1.82) is 0 Å². The molecule has 20 heavy (non-hydrogen) atoms. The molecule has 0 aliphatic rings. The van der Waals surface area contributed by atoms with Crippen LogP contribution in [0.2, 0.25) is 0 Å².